The molecule has 1 aromatic rings. The highest BCUT2D eigenvalue weighted by Gasteiger charge is 2.01. The van der Waals surface area contributed by atoms with Crippen LogP contribution in [-0.4, -0.2) is 34.2 Å². The van der Waals surface area contributed by atoms with Gasteiger partial charge in [-0.05, 0) is 20.5 Å². The van der Waals surface area contributed by atoms with Gasteiger partial charge in [-0.15, -0.1) is 0 Å². The van der Waals surface area contributed by atoms with Gasteiger partial charge in [0.15, 0.2) is 5.82 Å². The molecule has 1 aromatic heterocycles. The fourth-order valence-electron chi connectivity index (χ4n) is 1.04. The SMILES string of the molecule is CCCc1n[nH]c(CN(C)C)n1. The Morgan fingerprint density at radius 2 is 2.17 bits per heavy atom. The first-order chi connectivity index (χ1) is 5.72. The van der Waals surface area contributed by atoms with E-state index in [4.69, 9.17) is 0 Å². The third-order valence-corrected chi connectivity index (χ3v) is 1.52. The van der Waals surface area contributed by atoms with Crippen LogP contribution in [0.5, 0.6) is 0 Å². The van der Waals surface area contributed by atoms with Gasteiger partial charge in [-0.25, -0.2) is 4.98 Å². The molecule has 0 amide bonds. The summed E-state index contributed by atoms with van der Waals surface area (Å²) in [7, 11) is 4.03. The van der Waals surface area contributed by atoms with Crippen molar-refractivity contribution >= 4 is 0 Å². The average Bonchev–Trinajstić information content (AvgIpc) is 2.36. The molecule has 0 aliphatic carbocycles. The van der Waals surface area contributed by atoms with E-state index in [9.17, 15) is 0 Å². The summed E-state index contributed by atoms with van der Waals surface area (Å²) in [6, 6.07) is 0. The lowest BCUT2D eigenvalue weighted by atomic mass is 10.3. The Bertz CT molecular complexity index is 229. The molecule has 0 unspecified atom stereocenters. The van der Waals surface area contributed by atoms with Gasteiger partial charge in [-0.3, -0.25) is 5.10 Å². The Labute approximate surface area is 73.0 Å². The van der Waals surface area contributed by atoms with Gasteiger partial charge in [0.1, 0.15) is 5.82 Å². The largest absolute Gasteiger partial charge is 0.302 e. The minimum Gasteiger partial charge on any atom is -0.302 e. The first-order valence-corrected chi connectivity index (χ1v) is 4.27. The molecule has 4 heteroatoms. The van der Waals surface area contributed by atoms with Crippen LogP contribution < -0.4 is 0 Å². The predicted octanol–water partition coefficient (Wildman–Crippen LogP) is 0.819. The lowest BCUT2D eigenvalue weighted by Gasteiger charge is -2.04. The lowest BCUT2D eigenvalue weighted by Crippen LogP contribution is -2.11. The Hall–Kier alpha value is -0.900. The van der Waals surface area contributed by atoms with Gasteiger partial charge in [0.25, 0.3) is 0 Å². The minimum absolute atomic E-state index is 0.830. The van der Waals surface area contributed by atoms with Crippen LogP contribution >= 0.6 is 0 Å². The third-order valence-electron chi connectivity index (χ3n) is 1.52. The van der Waals surface area contributed by atoms with Crippen molar-refractivity contribution in [3.63, 3.8) is 0 Å². The van der Waals surface area contributed by atoms with E-state index in [0.717, 1.165) is 31.0 Å². The second kappa shape index (κ2) is 4.21. The standard InChI is InChI=1S/C8H16N4/c1-4-5-7-9-8(11-10-7)6-12(2)3/h4-6H2,1-3H3,(H,9,10,11). The molecular formula is C8H16N4. The van der Waals surface area contributed by atoms with E-state index in [2.05, 4.69) is 27.0 Å². The number of aromatic nitrogens is 3. The van der Waals surface area contributed by atoms with E-state index in [1.165, 1.54) is 0 Å². The quantitative estimate of drug-likeness (QED) is 0.724. The smallest absolute Gasteiger partial charge is 0.150 e. The third kappa shape index (κ3) is 2.62. The summed E-state index contributed by atoms with van der Waals surface area (Å²) in [5, 5.41) is 7.02. The summed E-state index contributed by atoms with van der Waals surface area (Å²) >= 11 is 0. The number of aromatic amines is 1. The van der Waals surface area contributed by atoms with Crippen LogP contribution in [-0.2, 0) is 13.0 Å². The number of aryl methyl sites for hydroxylation is 1. The van der Waals surface area contributed by atoms with E-state index in [0.29, 0.717) is 0 Å². The van der Waals surface area contributed by atoms with Crippen molar-refractivity contribution in [3.05, 3.63) is 11.6 Å². The molecule has 0 radical (unpaired) electrons. The number of nitrogens with one attached hydrogen (secondary N) is 1. The molecule has 1 rings (SSSR count). The number of H-pyrrole nitrogens is 1. The van der Waals surface area contributed by atoms with Gasteiger partial charge in [0.05, 0.1) is 6.54 Å². The van der Waals surface area contributed by atoms with Crippen molar-refractivity contribution < 1.29 is 0 Å². The zero-order chi connectivity index (χ0) is 8.97. The van der Waals surface area contributed by atoms with E-state index in [1.807, 2.05) is 14.1 Å². The molecule has 0 aromatic carbocycles. The van der Waals surface area contributed by atoms with E-state index >= 15 is 0 Å². The van der Waals surface area contributed by atoms with Crippen LogP contribution in [0.25, 0.3) is 0 Å². The van der Waals surface area contributed by atoms with Crippen molar-refractivity contribution in [1.29, 1.82) is 0 Å². The molecule has 1 heterocycles. The minimum atomic E-state index is 0.830. The highest BCUT2D eigenvalue weighted by molar-refractivity contribution is 4.89. The van der Waals surface area contributed by atoms with Crippen LogP contribution in [0.1, 0.15) is 25.0 Å². The maximum absolute atomic E-state index is 4.33. The van der Waals surface area contributed by atoms with Crippen molar-refractivity contribution in [2.45, 2.75) is 26.3 Å². The van der Waals surface area contributed by atoms with Gasteiger partial charge >= 0.3 is 0 Å². The molecular weight excluding hydrogens is 152 g/mol. The van der Waals surface area contributed by atoms with Crippen LogP contribution in [0.4, 0.5) is 0 Å². The number of rotatable bonds is 4. The van der Waals surface area contributed by atoms with Crippen LogP contribution in [0.2, 0.25) is 0 Å². The maximum atomic E-state index is 4.33. The predicted molar refractivity (Wildman–Crippen MR) is 47.8 cm³/mol. The second-order valence-corrected chi connectivity index (χ2v) is 3.19. The van der Waals surface area contributed by atoms with Gasteiger partial charge in [0, 0.05) is 6.42 Å². The first-order valence-electron chi connectivity index (χ1n) is 4.27. The summed E-state index contributed by atoms with van der Waals surface area (Å²) < 4.78 is 0. The topological polar surface area (TPSA) is 44.8 Å². The molecule has 0 fully saturated rings. The fraction of sp³-hybridized carbons (Fsp3) is 0.750. The van der Waals surface area contributed by atoms with Crippen LogP contribution in [0.3, 0.4) is 0 Å². The highest BCUT2D eigenvalue weighted by Crippen LogP contribution is 1.97. The van der Waals surface area contributed by atoms with Gasteiger partial charge in [-0.1, -0.05) is 6.92 Å². The summed E-state index contributed by atoms with van der Waals surface area (Å²) in [6.45, 7) is 2.96. The lowest BCUT2D eigenvalue weighted by molar-refractivity contribution is 0.391. The first kappa shape index (κ1) is 9.19. The fourth-order valence-corrected chi connectivity index (χ4v) is 1.04. The van der Waals surface area contributed by atoms with Gasteiger partial charge < -0.3 is 4.90 Å². The molecule has 0 saturated carbocycles. The van der Waals surface area contributed by atoms with Gasteiger partial charge in [-0.2, -0.15) is 5.10 Å². The Morgan fingerprint density at radius 3 is 2.75 bits per heavy atom. The van der Waals surface area contributed by atoms with Crippen LogP contribution in [0, 0.1) is 0 Å². The van der Waals surface area contributed by atoms with Crippen molar-refractivity contribution in [1.82, 2.24) is 20.1 Å². The zero-order valence-electron chi connectivity index (χ0n) is 7.96. The summed E-state index contributed by atoms with van der Waals surface area (Å²) in [6.07, 6.45) is 2.06. The molecule has 12 heavy (non-hydrogen) atoms. The van der Waals surface area contributed by atoms with Crippen molar-refractivity contribution in [3.8, 4) is 0 Å². The van der Waals surface area contributed by atoms with Gasteiger partial charge in [0.2, 0.25) is 0 Å². The second-order valence-electron chi connectivity index (χ2n) is 3.19. The number of hydrogen-bond acceptors (Lipinski definition) is 3. The molecule has 0 atom stereocenters. The zero-order valence-corrected chi connectivity index (χ0v) is 7.96. The number of hydrogen-bond donors (Lipinski definition) is 1. The molecule has 0 aliphatic heterocycles. The Balaban J connectivity index is 2.52. The Morgan fingerprint density at radius 1 is 1.42 bits per heavy atom. The summed E-state index contributed by atoms with van der Waals surface area (Å²) in [5.74, 6) is 1.87. The molecule has 4 nitrogen and oxygen atoms in total. The molecule has 0 spiro atoms. The summed E-state index contributed by atoms with van der Waals surface area (Å²) in [5.41, 5.74) is 0. The summed E-state index contributed by atoms with van der Waals surface area (Å²) in [4.78, 5) is 6.40. The van der Waals surface area contributed by atoms with Crippen molar-refractivity contribution in [2.75, 3.05) is 14.1 Å². The maximum Gasteiger partial charge on any atom is 0.150 e. The average molecular weight is 168 g/mol. The Kier molecular flexibility index (Phi) is 3.22. The van der Waals surface area contributed by atoms with E-state index in [-0.39, 0.29) is 0 Å². The molecule has 68 valence electrons. The normalized spacial score (nSPS) is 11.0. The molecule has 0 bridgehead atoms. The molecule has 1 N–H and O–H groups in total. The number of nitrogens with zero attached hydrogens (tertiary/aromatic N) is 3. The molecule has 0 aliphatic rings. The van der Waals surface area contributed by atoms with Crippen LogP contribution in [0.15, 0.2) is 0 Å². The van der Waals surface area contributed by atoms with E-state index in [1.54, 1.807) is 0 Å². The van der Waals surface area contributed by atoms with E-state index < -0.39 is 0 Å². The van der Waals surface area contributed by atoms with Crippen molar-refractivity contribution in [2.24, 2.45) is 0 Å². The molecule has 0 saturated heterocycles. The highest BCUT2D eigenvalue weighted by atomic mass is 15.2. The monoisotopic (exact) mass is 168 g/mol.